The van der Waals surface area contributed by atoms with Gasteiger partial charge in [0.1, 0.15) is 0 Å². The normalized spacial score (nSPS) is 31.2. The van der Waals surface area contributed by atoms with Crippen molar-refractivity contribution < 1.29 is 4.79 Å². The fraction of sp³-hybridized carbons (Fsp3) is 0.650. The second-order valence-electron chi connectivity index (χ2n) is 7.93. The minimum atomic E-state index is 0.242. The fourth-order valence-electron chi connectivity index (χ4n) is 4.77. The molecule has 0 aromatic heterocycles. The lowest BCUT2D eigenvalue weighted by molar-refractivity contribution is -0.123. The third kappa shape index (κ3) is 2.93. The number of hydrogen-bond donors (Lipinski definition) is 1. The average molecular weight is 297 g/mol. The second-order valence-corrected chi connectivity index (χ2v) is 7.93. The van der Waals surface area contributed by atoms with Crippen LogP contribution in [0.1, 0.15) is 62.1 Å². The van der Waals surface area contributed by atoms with Crippen molar-refractivity contribution >= 4 is 5.91 Å². The molecule has 0 aliphatic heterocycles. The van der Waals surface area contributed by atoms with E-state index in [1.54, 1.807) is 0 Å². The molecule has 3 aliphatic rings. The van der Waals surface area contributed by atoms with Crippen molar-refractivity contribution in [2.45, 2.75) is 57.9 Å². The Kier molecular flexibility index (Phi) is 3.71. The lowest BCUT2D eigenvalue weighted by atomic mass is 9.86. The SMILES string of the molecule is Cc1ccc([C@H](NC(=O)C[C@@H]2C[C@H]3CC[C@H]2C3)C2CC2)cc1. The van der Waals surface area contributed by atoms with Crippen molar-refractivity contribution in [1.29, 1.82) is 0 Å². The van der Waals surface area contributed by atoms with Crippen molar-refractivity contribution in [2.24, 2.45) is 23.7 Å². The van der Waals surface area contributed by atoms with Gasteiger partial charge in [-0.2, -0.15) is 0 Å². The Morgan fingerprint density at radius 3 is 2.50 bits per heavy atom. The third-order valence-corrected chi connectivity index (χ3v) is 6.18. The highest BCUT2D eigenvalue weighted by molar-refractivity contribution is 5.77. The van der Waals surface area contributed by atoms with Gasteiger partial charge in [0.15, 0.2) is 0 Å². The molecule has 3 saturated carbocycles. The summed E-state index contributed by atoms with van der Waals surface area (Å²) in [5.74, 6) is 3.38. The first-order valence-corrected chi connectivity index (χ1v) is 9.05. The van der Waals surface area contributed by atoms with Crippen LogP contribution in [0.2, 0.25) is 0 Å². The van der Waals surface area contributed by atoms with Gasteiger partial charge in [0.05, 0.1) is 6.04 Å². The van der Waals surface area contributed by atoms with E-state index in [2.05, 4.69) is 36.5 Å². The van der Waals surface area contributed by atoms with Crippen molar-refractivity contribution in [3.8, 4) is 0 Å². The summed E-state index contributed by atoms with van der Waals surface area (Å²) >= 11 is 0. The van der Waals surface area contributed by atoms with Crippen molar-refractivity contribution in [3.63, 3.8) is 0 Å². The molecular weight excluding hydrogens is 270 g/mol. The predicted octanol–water partition coefficient (Wildman–Crippen LogP) is 4.39. The highest BCUT2D eigenvalue weighted by Crippen LogP contribution is 2.49. The Balaban J connectivity index is 1.39. The van der Waals surface area contributed by atoms with Gasteiger partial charge in [-0.25, -0.2) is 0 Å². The van der Waals surface area contributed by atoms with Crippen LogP contribution in [0.3, 0.4) is 0 Å². The summed E-state index contributed by atoms with van der Waals surface area (Å²) in [6, 6.07) is 8.94. The quantitative estimate of drug-likeness (QED) is 0.858. The summed E-state index contributed by atoms with van der Waals surface area (Å²) in [6.07, 6.45) is 8.75. The van der Waals surface area contributed by atoms with Crippen molar-refractivity contribution in [3.05, 3.63) is 35.4 Å². The number of benzene rings is 1. The van der Waals surface area contributed by atoms with E-state index >= 15 is 0 Å². The van der Waals surface area contributed by atoms with Gasteiger partial charge >= 0.3 is 0 Å². The number of carbonyl (C=O) groups excluding carboxylic acids is 1. The maximum Gasteiger partial charge on any atom is 0.220 e. The molecule has 118 valence electrons. The molecule has 0 unspecified atom stereocenters. The summed E-state index contributed by atoms with van der Waals surface area (Å²) in [7, 11) is 0. The molecule has 0 saturated heterocycles. The topological polar surface area (TPSA) is 29.1 Å². The van der Waals surface area contributed by atoms with Crippen LogP contribution in [-0.4, -0.2) is 5.91 Å². The first kappa shape index (κ1) is 14.3. The number of hydrogen-bond acceptors (Lipinski definition) is 1. The number of aryl methyl sites for hydroxylation is 1. The average Bonchev–Trinajstić information content (AvgIpc) is 3.14. The summed E-state index contributed by atoms with van der Waals surface area (Å²) in [5.41, 5.74) is 2.57. The number of nitrogens with one attached hydrogen (secondary N) is 1. The first-order chi connectivity index (χ1) is 10.7. The Morgan fingerprint density at radius 1 is 1.14 bits per heavy atom. The van der Waals surface area contributed by atoms with Gasteiger partial charge in [-0.3, -0.25) is 4.79 Å². The van der Waals surface area contributed by atoms with Gasteiger partial charge in [-0.15, -0.1) is 0 Å². The molecule has 1 aromatic rings. The molecule has 4 rings (SSSR count). The maximum atomic E-state index is 12.5. The number of fused-ring (bicyclic) bond motifs is 2. The van der Waals surface area contributed by atoms with Gasteiger partial charge in [0, 0.05) is 6.42 Å². The second kappa shape index (κ2) is 5.72. The highest BCUT2D eigenvalue weighted by atomic mass is 16.1. The molecule has 3 aliphatic carbocycles. The number of amides is 1. The molecule has 0 radical (unpaired) electrons. The molecular formula is C20H27NO. The summed E-state index contributed by atoms with van der Waals surface area (Å²) in [4.78, 5) is 12.5. The molecule has 1 amide bonds. The van der Waals surface area contributed by atoms with E-state index < -0.39 is 0 Å². The molecule has 2 bridgehead atoms. The van der Waals surface area contributed by atoms with Crippen LogP contribution in [-0.2, 0) is 4.79 Å². The molecule has 0 heterocycles. The molecule has 4 atom stereocenters. The van der Waals surface area contributed by atoms with Crippen molar-refractivity contribution in [1.82, 2.24) is 5.32 Å². The minimum absolute atomic E-state index is 0.242. The van der Waals surface area contributed by atoms with Gasteiger partial charge < -0.3 is 5.32 Å². The maximum absolute atomic E-state index is 12.5. The number of carbonyl (C=O) groups is 1. The van der Waals surface area contributed by atoms with Gasteiger partial charge in [0.25, 0.3) is 0 Å². The first-order valence-electron chi connectivity index (χ1n) is 9.05. The van der Waals surface area contributed by atoms with Gasteiger partial charge in [-0.05, 0) is 68.3 Å². The van der Waals surface area contributed by atoms with Crippen LogP contribution < -0.4 is 5.32 Å². The largest absolute Gasteiger partial charge is 0.349 e. The monoisotopic (exact) mass is 297 g/mol. The Bertz CT molecular complexity index is 545. The van der Waals surface area contributed by atoms with Crippen LogP contribution >= 0.6 is 0 Å². The summed E-state index contributed by atoms with van der Waals surface area (Å²) in [5, 5.41) is 3.36. The third-order valence-electron chi connectivity index (χ3n) is 6.18. The molecule has 0 spiro atoms. The molecule has 1 N–H and O–H groups in total. The van der Waals surface area contributed by atoms with Crippen LogP contribution in [0.25, 0.3) is 0 Å². The molecule has 2 nitrogen and oxygen atoms in total. The standard InChI is InChI=1S/C20H27NO/c1-13-2-5-15(6-3-13)20(16-8-9-16)21-19(22)12-18-11-14-4-7-17(18)10-14/h2-3,5-6,14,16-18,20H,4,7-12H2,1H3,(H,21,22)/t14-,17-,18-,20-/m0/s1. The Morgan fingerprint density at radius 2 is 1.91 bits per heavy atom. The lowest BCUT2D eigenvalue weighted by Crippen LogP contribution is -2.32. The van der Waals surface area contributed by atoms with E-state index in [0.717, 1.165) is 18.3 Å². The molecule has 3 fully saturated rings. The predicted molar refractivity (Wildman–Crippen MR) is 88.3 cm³/mol. The zero-order valence-electron chi connectivity index (χ0n) is 13.6. The van der Waals surface area contributed by atoms with E-state index in [1.165, 1.54) is 49.7 Å². The highest BCUT2D eigenvalue weighted by Gasteiger charge is 2.41. The van der Waals surface area contributed by atoms with E-state index in [-0.39, 0.29) is 11.9 Å². The summed E-state index contributed by atoms with van der Waals surface area (Å²) in [6.45, 7) is 2.11. The Hall–Kier alpha value is -1.31. The van der Waals surface area contributed by atoms with E-state index in [0.29, 0.717) is 11.8 Å². The smallest absolute Gasteiger partial charge is 0.220 e. The fourth-order valence-corrected chi connectivity index (χ4v) is 4.77. The zero-order valence-corrected chi connectivity index (χ0v) is 13.6. The van der Waals surface area contributed by atoms with Crippen LogP contribution in [0.15, 0.2) is 24.3 Å². The lowest BCUT2D eigenvalue weighted by Gasteiger charge is -2.24. The zero-order chi connectivity index (χ0) is 15.1. The molecule has 1 aromatic carbocycles. The Labute approximate surface area is 133 Å². The van der Waals surface area contributed by atoms with Crippen LogP contribution in [0, 0.1) is 30.6 Å². The van der Waals surface area contributed by atoms with E-state index in [4.69, 9.17) is 0 Å². The van der Waals surface area contributed by atoms with Gasteiger partial charge in [0.2, 0.25) is 5.91 Å². The summed E-state index contributed by atoms with van der Waals surface area (Å²) < 4.78 is 0. The van der Waals surface area contributed by atoms with Crippen molar-refractivity contribution in [2.75, 3.05) is 0 Å². The number of rotatable bonds is 5. The van der Waals surface area contributed by atoms with Crippen LogP contribution in [0.5, 0.6) is 0 Å². The molecule has 22 heavy (non-hydrogen) atoms. The van der Waals surface area contributed by atoms with Gasteiger partial charge in [-0.1, -0.05) is 36.2 Å². The molecule has 2 heteroatoms. The van der Waals surface area contributed by atoms with E-state index in [9.17, 15) is 4.79 Å². The minimum Gasteiger partial charge on any atom is -0.349 e. The van der Waals surface area contributed by atoms with E-state index in [1.807, 2.05) is 0 Å². The van der Waals surface area contributed by atoms with Crippen LogP contribution in [0.4, 0.5) is 0 Å².